The summed E-state index contributed by atoms with van der Waals surface area (Å²) in [6.45, 7) is 1.24. The molecule has 1 saturated carbocycles. The van der Waals surface area contributed by atoms with E-state index in [0.717, 1.165) is 48.6 Å². The topological polar surface area (TPSA) is 101 Å². The van der Waals surface area contributed by atoms with Crippen LogP contribution in [0, 0.1) is 11.8 Å². The van der Waals surface area contributed by atoms with Gasteiger partial charge in [0, 0.05) is 24.5 Å². The van der Waals surface area contributed by atoms with E-state index >= 15 is 0 Å². The molecule has 4 amide bonds. The second-order valence-corrected chi connectivity index (χ2v) is 8.03. The lowest BCUT2D eigenvalue weighted by Crippen LogP contribution is -2.38. The summed E-state index contributed by atoms with van der Waals surface area (Å²) in [6.07, 6.45) is 4.24. The van der Waals surface area contributed by atoms with E-state index in [2.05, 4.69) is 21.3 Å². The number of nitrogens with one attached hydrogen (secondary N) is 4. The molecule has 2 aromatic rings. The summed E-state index contributed by atoms with van der Waals surface area (Å²) in [5.74, 6) is 2.30. The number of amides is 4. The number of carbonyl (C=O) groups is 2. The van der Waals surface area contributed by atoms with E-state index < -0.39 is 0 Å². The lowest BCUT2D eigenvalue weighted by Gasteiger charge is -2.29. The number of anilines is 2. The predicted octanol–water partition coefficient (Wildman–Crippen LogP) is 4.45. The molecule has 1 fully saturated rings. The molecule has 1 aliphatic rings. The highest BCUT2D eigenvalue weighted by Crippen LogP contribution is 2.28. The molecule has 8 heteroatoms. The van der Waals surface area contributed by atoms with Gasteiger partial charge in [-0.25, -0.2) is 9.59 Å². The molecule has 0 spiro atoms. The zero-order valence-electron chi connectivity index (χ0n) is 18.6. The Bertz CT molecular complexity index is 799. The third-order valence-corrected chi connectivity index (χ3v) is 5.69. The van der Waals surface area contributed by atoms with Gasteiger partial charge in [-0.05, 0) is 79.6 Å². The highest BCUT2D eigenvalue weighted by molar-refractivity contribution is 5.89. The van der Waals surface area contributed by atoms with Crippen LogP contribution in [0.4, 0.5) is 21.0 Å². The van der Waals surface area contributed by atoms with E-state index in [1.54, 1.807) is 62.8 Å². The molecule has 2 atom stereocenters. The van der Waals surface area contributed by atoms with Crippen molar-refractivity contribution in [2.24, 2.45) is 11.8 Å². The maximum atomic E-state index is 12.2. The van der Waals surface area contributed by atoms with E-state index in [-0.39, 0.29) is 12.1 Å². The number of urea groups is 2. The summed E-state index contributed by atoms with van der Waals surface area (Å²) in [4.78, 5) is 24.4. The first kappa shape index (κ1) is 23.2. The quantitative estimate of drug-likeness (QED) is 0.487. The summed E-state index contributed by atoms with van der Waals surface area (Å²) < 4.78 is 10.2. The fraction of sp³-hybridized carbons (Fsp3) is 0.417. The van der Waals surface area contributed by atoms with Crippen LogP contribution in [0.25, 0.3) is 0 Å². The number of hydrogen-bond acceptors (Lipinski definition) is 4. The Balaban J connectivity index is 1.35. The van der Waals surface area contributed by atoms with Crippen molar-refractivity contribution in [1.29, 1.82) is 0 Å². The molecule has 2 aromatic carbocycles. The zero-order chi connectivity index (χ0) is 22.8. The first-order valence-electron chi connectivity index (χ1n) is 10.9. The van der Waals surface area contributed by atoms with Crippen molar-refractivity contribution < 1.29 is 19.1 Å². The van der Waals surface area contributed by atoms with Crippen LogP contribution in [0.2, 0.25) is 0 Å². The number of hydrogen-bond donors (Lipinski definition) is 4. The van der Waals surface area contributed by atoms with Gasteiger partial charge in [-0.15, -0.1) is 0 Å². The molecule has 172 valence electrons. The van der Waals surface area contributed by atoms with Crippen LogP contribution in [-0.4, -0.2) is 39.4 Å². The van der Waals surface area contributed by atoms with Gasteiger partial charge in [0.05, 0.1) is 14.2 Å². The Labute approximate surface area is 189 Å². The van der Waals surface area contributed by atoms with Crippen LogP contribution < -0.4 is 30.7 Å². The van der Waals surface area contributed by atoms with E-state index in [9.17, 15) is 9.59 Å². The first-order chi connectivity index (χ1) is 15.6. The van der Waals surface area contributed by atoms with Crippen molar-refractivity contribution in [2.75, 3.05) is 37.9 Å². The summed E-state index contributed by atoms with van der Waals surface area (Å²) in [6, 6.07) is 14.0. The molecule has 0 unspecified atom stereocenters. The van der Waals surface area contributed by atoms with Crippen molar-refractivity contribution >= 4 is 23.4 Å². The average Bonchev–Trinajstić information content (AvgIpc) is 2.83. The van der Waals surface area contributed by atoms with Gasteiger partial charge in [-0.2, -0.15) is 0 Å². The van der Waals surface area contributed by atoms with E-state index in [1.165, 1.54) is 0 Å². The molecule has 32 heavy (non-hydrogen) atoms. The highest BCUT2D eigenvalue weighted by Gasteiger charge is 2.23. The Morgan fingerprint density at radius 2 is 1.16 bits per heavy atom. The van der Waals surface area contributed by atoms with Gasteiger partial charge in [0.25, 0.3) is 0 Å². The van der Waals surface area contributed by atoms with Gasteiger partial charge in [-0.1, -0.05) is 6.42 Å². The summed E-state index contributed by atoms with van der Waals surface area (Å²) in [7, 11) is 3.21. The number of methoxy groups -OCH3 is 2. The summed E-state index contributed by atoms with van der Waals surface area (Å²) in [5, 5.41) is 11.6. The first-order valence-corrected chi connectivity index (χ1v) is 10.9. The molecule has 0 heterocycles. The normalized spacial score (nSPS) is 17.7. The third kappa shape index (κ3) is 7.37. The van der Waals surface area contributed by atoms with Crippen molar-refractivity contribution in [2.45, 2.75) is 25.7 Å². The molecule has 0 bridgehead atoms. The van der Waals surface area contributed by atoms with Crippen LogP contribution >= 0.6 is 0 Å². The fourth-order valence-electron chi connectivity index (χ4n) is 3.95. The van der Waals surface area contributed by atoms with Crippen molar-refractivity contribution in [3.05, 3.63) is 48.5 Å². The number of rotatable bonds is 8. The maximum absolute atomic E-state index is 12.2. The average molecular weight is 441 g/mol. The van der Waals surface area contributed by atoms with Crippen molar-refractivity contribution in [1.82, 2.24) is 10.6 Å². The maximum Gasteiger partial charge on any atom is 0.319 e. The molecule has 0 aliphatic heterocycles. The Morgan fingerprint density at radius 3 is 1.53 bits per heavy atom. The van der Waals surface area contributed by atoms with Crippen LogP contribution in [0.5, 0.6) is 11.5 Å². The summed E-state index contributed by atoms with van der Waals surface area (Å²) in [5.41, 5.74) is 1.44. The number of ether oxygens (including phenoxy) is 2. The van der Waals surface area contributed by atoms with Gasteiger partial charge in [0.1, 0.15) is 11.5 Å². The minimum Gasteiger partial charge on any atom is -0.497 e. The molecule has 0 radical (unpaired) electrons. The van der Waals surface area contributed by atoms with Gasteiger partial charge >= 0.3 is 12.1 Å². The van der Waals surface area contributed by atoms with Crippen LogP contribution in [0.15, 0.2) is 48.5 Å². The Kier molecular flexibility index (Phi) is 8.60. The van der Waals surface area contributed by atoms with Crippen LogP contribution in [-0.2, 0) is 0 Å². The molecular formula is C24H32N4O4. The lowest BCUT2D eigenvalue weighted by atomic mass is 9.81. The minimum absolute atomic E-state index is 0.214. The standard InChI is InChI=1S/C24H32N4O4/c1-31-21-10-6-19(7-11-21)27-23(29)25-15-17-4-3-5-18(14-17)16-26-24(30)28-20-8-12-22(32-2)13-9-20/h6-13,17-18H,3-5,14-16H2,1-2H3,(H2,25,27,29)(H2,26,28,30)/t17-,18-/m0/s1. The Hall–Kier alpha value is -3.42. The molecule has 3 rings (SSSR count). The largest absolute Gasteiger partial charge is 0.497 e. The minimum atomic E-state index is -0.214. The predicted molar refractivity (Wildman–Crippen MR) is 125 cm³/mol. The van der Waals surface area contributed by atoms with Crippen LogP contribution in [0.3, 0.4) is 0 Å². The molecule has 8 nitrogen and oxygen atoms in total. The van der Waals surface area contributed by atoms with Crippen molar-refractivity contribution in [3.63, 3.8) is 0 Å². The van der Waals surface area contributed by atoms with Gasteiger partial charge in [0.2, 0.25) is 0 Å². The molecule has 4 N–H and O–H groups in total. The van der Waals surface area contributed by atoms with Gasteiger partial charge in [-0.3, -0.25) is 0 Å². The van der Waals surface area contributed by atoms with E-state index in [4.69, 9.17) is 9.47 Å². The van der Waals surface area contributed by atoms with E-state index in [1.807, 2.05) is 0 Å². The van der Waals surface area contributed by atoms with Crippen LogP contribution in [0.1, 0.15) is 25.7 Å². The van der Waals surface area contributed by atoms with Crippen molar-refractivity contribution in [3.8, 4) is 11.5 Å². The smallest absolute Gasteiger partial charge is 0.319 e. The zero-order valence-corrected chi connectivity index (χ0v) is 18.6. The van der Waals surface area contributed by atoms with Gasteiger partial charge in [0.15, 0.2) is 0 Å². The number of carbonyl (C=O) groups excluding carboxylic acids is 2. The molecular weight excluding hydrogens is 408 g/mol. The SMILES string of the molecule is COc1ccc(NC(=O)NC[C@H]2CCC[C@H](CNC(=O)Nc3ccc(OC)cc3)C2)cc1. The monoisotopic (exact) mass is 440 g/mol. The fourth-order valence-corrected chi connectivity index (χ4v) is 3.95. The summed E-state index contributed by atoms with van der Waals surface area (Å²) >= 11 is 0. The highest BCUT2D eigenvalue weighted by atomic mass is 16.5. The molecule has 0 saturated heterocycles. The third-order valence-electron chi connectivity index (χ3n) is 5.69. The number of benzene rings is 2. The second kappa shape index (κ2) is 11.8. The molecule has 0 aromatic heterocycles. The lowest BCUT2D eigenvalue weighted by molar-refractivity contribution is 0.230. The second-order valence-electron chi connectivity index (χ2n) is 8.03. The molecule has 1 aliphatic carbocycles. The van der Waals surface area contributed by atoms with Gasteiger partial charge < -0.3 is 30.7 Å². The Morgan fingerprint density at radius 1 is 0.750 bits per heavy atom. The van der Waals surface area contributed by atoms with E-state index in [0.29, 0.717) is 24.9 Å².